The summed E-state index contributed by atoms with van der Waals surface area (Å²) in [6.45, 7) is 0.453. The van der Waals surface area contributed by atoms with E-state index in [9.17, 15) is 5.11 Å². The molecule has 3 nitrogen and oxygen atoms in total. The van der Waals surface area contributed by atoms with Gasteiger partial charge in [0.05, 0.1) is 13.2 Å². The molecule has 0 spiro atoms. The molecule has 0 heterocycles. The molecule has 1 aliphatic carbocycles. The SMILES string of the molecule is COc1ccccc1C(CN)C(O)CC1CCCC1. The summed E-state index contributed by atoms with van der Waals surface area (Å²) in [4.78, 5) is 0. The molecule has 0 radical (unpaired) electrons. The fraction of sp³-hybridized carbons (Fsp3) is 0.625. The molecule has 1 saturated carbocycles. The van der Waals surface area contributed by atoms with Crippen molar-refractivity contribution in [1.29, 1.82) is 0 Å². The second-order valence-electron chi connectivity index (χ2n) is 5.54. The van der Waals surface area contributed by atoms with Crippen LogP contribution in [0.15, 0.2) is 24.3 Å². The molecule has 0 bridgehead atoms. The van der Waals surface area contributed by atoms with E-state index in [2.05, 4.69) is 0 Å². The van der Waals surface area contributed by atoms with Crippen LogP contribution in [0.4, 0.5) is 0 Å². The zero-order chi connectivity index (χ0) is 13.7. The van der Waals surface area contributed by atoms with Crippen molar-refractivity contribution >= 4 is 0 Å². The lowest BCUT2D eigenvalue weighted by Gasteiger charge is -2.25. The molecule has 3 N–H and O–H groups in total. The first kappa shape index (κ1) is 14.4. The van der Waals surface area contributed by atoms with Gasteiger partial charge in [-0.2, -0.15) is 0 Å². The molecule has 2 unspecified atom stereocenters. The molecular weight excluding hydrogens is 238 g/mol. The van der Waals surface area contributed by atoms with E-state index >= 15 is 0 Å². The first-order chi connectivity index (χ1) is 9.26. The Kier molecular flexibility index (Phi) is 5.23. The summed E-state index contributed by atoms with van der Waals surface area (Å²) in [5.74, 6) is 1.46. The summed E-state index contributed by atoms with van der Waals surface area (Å²) in [7, 11) is 1.66. The van der Waals surface area contributed by atoms with Gasteiger partial charge in [-0.1, -0.05) is 43.9 Å². The Hall–Kier alpha value is -1.06. The van der Waals surface area contributed by atoms with Crippen molar-refractivity contribution in [1.82, 2.24) is 0 Å². The monoisotopic (exact) mass is 263 g/mol. The van der Waals surface area contributed by atoms with Crippen molar-refractivity contribution in [3.8, 4) is 5.75 Å². The fourth-order valence-corrected chi connectivity index (χ4v) is 3.22. The standard InChI is InChI=1S/C16H25NO2/c1-19-16-9-5-4-8-13(16)14(11-17)15(18)10-12-6-2-3-7-12/h4-5,8-9,12,14-15,18H,2-3,6-7,10-11,17H2,1H3. The van der Waals surface area contributed by atoms with Gasteiger partial charge in [0.1, 0.15) is 5.75 Å². The van der Waals surface area contributed by atoms with Crippen LogP contribution in [0.5, 0.6) is 5.75 Å². The highest BCUT2D eigenvalue weighted by Crippen LogP contribution is 2.34. The predicted octanol–water partition coefficient (Wildman–Crippen LogP) is 2.68. The number of hydrogen-bond donors (Lipinski definition) is 2. The molecule has 3 heteroatoms. The Morgan fingerprint density at radius 1 is 1.32 bits per heavy atom. The first-order valence-electron chi connectivity index (χ1n) is 7.27. The van der Waals surface area contributed by atoms with Crippen LogP contribution in [-0.2, 0) is 0 Å². The molecule has 19 heavy (non-hydrogen) atoms. The molecule has 106 valence electrons. The number of aliphatic hydroxyl groups is 1. The summed E-state index contributed by atoms with van der Waals surface area (Å²) in [6.07, 6.45) is 5.60. The molecule has 0 saturated heterocycles. The number of benzene rings is 1. The summed E-state index contributed by atoms with van der Waals surface area (Å²) in [5.41, 5.74) is 6.91. The van der Waals surface area contributed by atoms with Gasteiger partial charge in [-0.05, 0) is 18.4 Å². The number of aliphatic hydroxyl groups excluding tert-OH is 1. The van der Waals surface area contributed by atoms with Gasteiger partial charge in [-0.3, -0.25) is 0 Å². The average molecular weight is 263 g/mol. The summed E-state index contributed by atoms with van der Waals surface area (Å²) >= 11 is 0. The lowest BCUT2D eigenvalue weighted by Crippen LogP contribution is -2.28. The smallest absolute Gasteiger partial charge is 0.122 e. The summed E-state index contributed by atoms with van der Waals surface area (Å²) < 4.78 is 5.38. The Morgan fingerprint density at radius 2 is 2.00 bits per heavy atom. The second-order valence-corrected chi connectivity index (χ2v) is 5.54. The minimum Gasteiger partial charge on any atom is -0.496 e. The number of rotatable bonds is 6. The maximum absolute atomic E-state index is 10.5. The second kappa shape index (κ2) is 6.92. The lowest BCUT2D eigenvalue weighted by atomic mass is 9.86. The fourth-order valence-electron chi connectivity index (χ4n) is 3.22. The van der Waals surface area contributed by atoms with Crippen molar-refractivity contribution in [3.63, 3.8) is 0 Å². The summed E-state index contributed by atoms with van der Waals surface area (Å²) in [6, 6.07) is 7.86. The van der Waals surface area contributed by atoms with Crippen LogP contribution in [0.1, 0.15) is 43.6 Å². The summed E-state index contributed by atoms with van der Waals surface area (Å²) in [5, 5.41) is 10.5. The third kappa shape index (κ3) is 3.48. The molecule has 2 rings (SSSR count). The van der Waals surface area contributed by atoms with Crippen LogP contribution in [0.2, 0.25) is 0 Å². The van der Waals surface area contributed by atoms with Gasteiger partial charge in [0.15, 0.2) is 0 Å². The van der Waals surface area contributed by atoms with Crippen LogP contribution in [-0.4, -0.2) is 24.9 Å². The topological polar surface area (TPSA) is 55.5 Å². The maximum atomic E-state index is 10.5. The molecule has 2 atom stereocenters. The molecule has 0 aromatic heterocycles. The van der Waals surface area contributed by atoms with Crippen molar-refractivity contribution < 1.29 is 9.84 Å². The highest BCUT2D eigenvalue weighted by atomic mass is 16.5. The molecule has 1 aliphatic rings. The highest BCUT2D eigenvalue weighted by molar-refractivity contribution is 5.37. The highest BCUT2D eigenvalue weighted by Gasteiger charge is 2.26. The Bertz CT molecular complexity index is 388. The number of nitrogens with two attached hydrogens (primary N) is 1. The van der Waals surface area contributed by atoms with Crippen molar-refractivity contribution in [3.05, 3.63) is 29.8 Å². The van der Waals surface area contributed by atoms with E-state index < -0.39 is 0 Å². The number of methoxy groups -OCH3 is 1. The molecule has 1 aromatic carbocycles. The van der Waals surface area contributed by atoms with Gasteiger partial charge in [-0.15, -0.1) is 0 Å². The zero-order valence-corrected chi connectivity index (χ0v) is 11.7. The van der Waals surface area contributed by atoms with Crippen LogP contribution < -0.4 is 10.5 Å². The normalized spacial score (nSPS) is 19.3. The Balaban J connectivity index is 2.09. The predicted molar refractivity (Wildman–Crippen MR) is 77.4 cm³/mol. The van der Waals surface area contributed by atoms with Crippen molar-refractivity contribution in [2.24, 2.45) is 11.7 Å². The maximum Gasteiger partial charge on any atom is 0.122 e. The minimum absolute atomic E-state index is 0.0308. The molecular formula is C16H25NO2. The number of para-hydroxylation sites is 1. The van der Waals surface area contributed by atoms with E-state index in [4.69, 9.17) is 10.5 Å². The minimum atomic E-state index is -0.371. The zero-order valence-electron chi connectivity index (χ0n) is 11.7. The van der Waals surface area contributed by atoms with E-state index in [1.807, 2.05) is 24.3 Å². The van der Waals surface area contributed by atoms with E-state index in [1.54, 1.807) is 7.11 Å². The third-order valence-electron chi connectivity index (χ3n) is 4.31. The Labute approximate surface area is 115 Å². The largest absolute Gasteiger partial charge is 0.496 e. The van der Waals surface area contributed by atoms with Gasteiger partial charge in [0, 0.05) is 18.0 Å². The van der Waals surface area contributed by atoms with Crippen LogP contribution in [0.25, 0.3) is 0 Å². The average Bonchev–Trinajstić information content (AvgIpc) is 2.93. The van der Waals surface area contributed by atoms with Crippen molar-refractivity contribution in [2.75, 3.05) is 13.7 Å². The van der Waals surface area contributed by atoms with Gasteiger partial charge in [0.2, 0.25) is 0 Å². The van der Waals surface area contributed by atoms with Crippen LogP contribution in [0, 0.1) is 5.92 Å². The number of ether oxygens (including phenoxy) is 1. The van der Waals surface area contributed by atoms with Crippen molar-refractivity contribution in [2.45, 2.75) is 44.1 Å². The number of hydrogen-bond acceptors (Lipinski definition) is 3. The quantitative estimate of drug-likeness (QED) is 0.829. The molecule has 0 aliphatic heterocycles. The van der Waals surface area contributed by atoms with E-state index in [0.29, 0.717) is 12.5 Å². The molecule has 1 fully saturated rings. The van der Waals surface area contributed by atoms with Crippen LogP contribution in [0.3, 0.4) is 0 Å². The van der Waals surface area contributed by atoms with E-state index in [0.717, 1.165) is 17.7 Å². The van der Waals surface area contributed by atoms with Gasteiger partial charge < -0.3 is 15.6 Å². The van der Waals surface area contributed by atoms with Gasteiger partial charge >= 0.3 is 0 Å². The first-order valence-corrected chi connectivity index (χ1v) is 7.27. The lowest BCUT2D eigenvalue weighted by molar-refractivity contribution is 0.115. The molecule has 0 amide bonds. The third-order valence-corrected chi connectivity index (χ3v) is 4.31. The molecule has 1 aromatic rings. The van der Waals surface area contributed by atoms with Gasteiger partial charge in [0.25, 0.3) is 0 Å². The van der Waals surface area contributed by atoms with Crippen LogP contribution >= 0.6 is 0 Å². The Morgan fingerprint density at radius 3 is 2.63 bits per heavy atom. The van der Waals surface area contributed by atoms with E-state index in [1.165, 1.54) is 25.7 Å². The van der Waals surface area contributed by atoms with Gasteiger partial charge in [-0.25, -0.2) is 0 Å². The van der Waals surface area contributed by atoms with E-state index in [-0.39, 0.29) is 12.0 Å².